The van der Waals surface area contributed by atoms with Crippen molar-refractivity contribution >= 4 is 6.09 Å². The molecule has 0 aromatic heterocycles. The minimum absolute atomic E-state index is 0.369. The molecule has 0 radical (unpaired) electrons. The second kappa shape index (κ2) is 7.53. The van der Waals surface area contributed by atoms with Gasteiger partial charge in [-0.15, -0.1) is 0 Å². The summed E-state index contributed by atoms with van der Waals surface area (Å²) >= 11 is 0. The lowest BCUT2D eigenvalue weighted by Gasteiger charge is -2.19. The second-order valence-electron chi connectivity index (χ2n) is 5.36. The molecule has 0 saturated heterocycles. The van der Waals surface area contributed by atoms with Gasteiger partial charge in [0.25, 0.3) is 0 Å². The Labute approximate surface area is 124 Å². The first-order valence-electron chi connectivity index (χ1n) is 6.60. The Morgan fingerprint density at radius 2 is 2.05 bits per heavy atom. The average molecular weight is 293 g/mol. The molecule has 0 unspecified atom stereocenters. The Bertz CT molecular complexity index is 553. The van der Waals surface area contributed by atoms with E-state index in [4.69, 9.17) is 9.47 Å². The summed E-state index contributed by atoms with van der Waals surface area (Å²) in [5.41, 5.74) is 0.0116. The molecule has 1 aromatic rings. The van der Waals surface area contributed by atoms with Crippen molar-refractivity contribution in [2.75, 3.05) is 13.7 Å². The van der Waals surface area contributed by atoms with Crippen LogP contribution in [0.3, 0.4) is 0 Å². The molecule has 21 heavy (non-hydrogen) atoms. The molecule has 0 fully saturated rings. The molecule has 0 aliphatic heterocycles. The number of ether oxygens (including phenoxy) is 2. The highest BCUT2D eigenvalue weighted by atomic mass is 19.1. The molecule has 5 heteroatoms. The third kappa shape index (κ3) is 7.21. The maximum absolute atomic E-state index is 13.2. The molecular formula is C16H20FNO3. The molecule has 0 aliphatic rings. The van der Waals surface area contributed by atoms with Crippen LogP contribution >= 0.6 is 0 Å². The highest BCUT2D eigenvalue weighted by molar-refractivity contribution is 5.67. The minimum Gasteiger partial charge on any atom is -0.497 e. The van der Waals surface area contributed by atoms with Gasteiger partial charge in [0.15, 0.2) is 0 Å². The van der Waals surface area contributed by atoms with E-state index in [1.807, 2.05) is 0 Å². The normalized spacial score (nSPS) is 10.3. The molecular weight excluding hydrogens is 273 g/mol. The van der Waals surface area contributed by atoms with Crippen molar-refractivity contribution in [3.05, 3.63) is 29.6 Å². The largest absolute Gasteiger partial charge is 0.497 e. The number of rotatable bonds is 3. The van der Waals surface area contributed by atoms with E-state index in [0.717, 1.165) is 0 Å². The lowest BCUT2D eigenvalue weighted by molar-refractivity contribution is 0.0529. The van der Waals surface area contributed by atoms with Crippen LogP contribution in [0, 0.1) is 17.7 Å². The fourth-order valence-corrected chi connectivity index (χ4v) is 1.46. The van der Waals surface area contributed by atoms with Gasteiger partial charge in [-0.2, -0.15) is 0 Å². The van der Waals surface area contributed by atoms with E-state index < -0.39 is 17.5 Å². The summed E-state index contributed by atoms with van der Waals surface area (Å²) in [6.45, 7) is 5.76. The third-order valence-corrected chi connectivity index (χ3v) is 2.26. The van der Waals surface area contributed by atoms with Crippen LogP contribution in [0.2, 0.25) is 0 Å². The van der Waals surface area contributed by atoms with Crippen LogP contribution in [0.4, 0.5) is 9.18 Å². The first-order valence-corrected chi connectivity index (χ1v) is 6.60. The second-order valence-corrected chi connectivity index (χ2v) is 5.36. The summed E-state index contributed by atoms with van der Waals surface area (Å²) in [6, 6.07) is 4.27. The van der Waals surface area contributed by atoms with Gasteiger partial charge in [0.1, 0.15) is 17.2 Å². The molecule has 4 nitrogen and oxygen atoms in total. The highest BCUT2D eigenvalue weighted by Crippen LogP contribution is 2.15. The van der Waals surface area contributed by atoms with Crippen LogP contribution in [-0.2, 0) is 4.74 Å². The molecule has 1 N–H and O–H groups in total. The minimum atomic E-state index is -0.520. The van der Waals surface area contributed by atoms with E-state index in [-0.39, 0.29) is 0 Å². The number of methoxy groups -OCH3 is 1. The van der Waals surface area contributed by atoms with E-state index in [0.29, 0.717) is 24.3 Å². The van der Waals surface area contributed by atoms with E-state index in [1.54, 1.807) is 26.8 Å². The van der Waals surface area contributed by atoms with Crippen LogP contribution in [-0.4, -0.2) is 25.3 Å². The molecule has 0 spiro atoms. The van der Waals surface area contributed by atoms with E-state index in [2.05, 4.69) is 17.2 Å². The zero-order valence-electron chi connectivity index (χ0n) is 12.7. The van der Waals surface area contributed by atoms with Crippen LogP contribution < -0.4 is 10.1 Å². The number of carbonyl (C=O) groups is 1. The number of hydrogen-bond donors (Lipinski definition) is 1. The van der Waals surface area contributed by atoms with Gasteiger partial charge in [0.05, 0.1) is 7.11 Å². The smallest absolute Gasteiger partial charge is 0.407 e. The maximum atomic E-state index is 13.2. The van der Waals surface area contributed by atoms with Crippen molar-refractivity contribution < 1.29 is 18.7 Å². The zero-order valence-corrected chi connectivity index (χ0v) is 12.7. The van der Waals surface area contributed by atoms with E-state index in [1.165, 1.54) is 19.2 Å². The highest BCUT2D eigenvalue weighted by Gasteiger charge is 2.15. The molecule has 0 saturated carbocycles. The van der Waals surface area contributed by atoms with Gasteiger partial charge >= 0.3 is 6.09 Å². The molecule has 1 rings (SSSR count). The predicted molar refractivity (Wildman–Crippen MR) is 78.7 cm³/mol. The van der Waals surface area contributed by atoms with Gasteiger partial charge in [0, 0.05) is 24.6 Å². The van der Waals surface area contributed by atoms with Crippen LogP contribution in [0.1, 0.15) is 32.8 Å². The van der Waals surface area contributed by atoms with Gasteiger partial charge in [-0.3, -0.25) is 0 Å². The summed E-state index contributed by atoms with van der Waals surface area (Å²) in [7, 11) is 1.47. The number of alkyl carbamates (subject to hydrolysis) is 1. The van der Waals surface area contributed by atoms with Crippen LogP contribution in [0.25, 0.3) is 0 Å². The van der Waals surface area contributed by atoms with Gasteiger partial charge in [-0.05, 0) is 32.9 Å². The van der Waals surface area contributed by atoms with Gasteiger partial charge in [0.2, 0.25) is 0 Å². The quantitative estimate of drug-likeness (QED) is 0.688. The van der Waals surface area contributed by atoms with Crippen molar-refractivity contribution in [2.45, 2.75) is 32.8 Å². The molecule has 0 bridgehead atoms. The summed E-state index contributed by atoms with van der Waals surface area (Å²) < 4.78 is 23.3. The number of benzene rings is 1. The first-order chi connectivity index (χ1) is 9.80. The van der Waals surface area contributed by atoms with E-state index >= 15 is 0 Å². The summed E-state index contributed by atoms with van der Waals surface area (Å²) in [5, 5.41) is 2.60. The van der Waals surface area contributed by atoms with Gasteiger partial charge in [-0.1, -0.05) is 11.8 Å². The van der Waals surface area contributed by atoms with Crippen LogP contribution in [0.15, 0.2) is 18.2 Å². The van der Waals surface area contributed by atoms with Gasteiger partial charge in [-0.25, -0.2) is 9.18 Å². The number of hydrogen-bond acceptors (Lipinski definition) is 3. The number of amides is 1. The fraction of sp³-hybridized carbons (Fsp3) is 0.438. The Kier molecular flexibility index (Phi) is 6.04. The van der Waals surface area contributed by atoms with E-state index in [9.17, 15) is 9.18 Å². The Hall–Kier alpha value is -2.22. The topological polar surface area (TPSA) is 47.6 Å². The van der Waals surface area contributed by atoms with Crippen molar-refractivity contribution in [2.24, 2.45) is 0 Å². The number of nitrogens with one attached hydrogen (secondary N) is 1. The summed E-state index contributed by atoms with van der Waals surface area (Å²) in [5.74, 6) is 5.70. The third-order valence-electron chi connectivity index (χ3n) is 2.26. The summed E-state index contributed by atoms with van der Waals surface area (Å²) in [4.78, 5) is 11.4. The Morgan fingerprint density at radius 3 is 2.67 bits per heavy atom. The molecule has 1 amide bonds. The van der Waals surface area contributed by atoms with Crippen molar-refractivity contribution in [1.29, 1.82) is 0 Å². The predicted octanol–water partition coefficient (Wildman–Crippen LogP) is 3.10. The lowest BCUT2D eigenvalue weighted by atomic mass is 10.2. The standard InChI is InChI=1S/C16H20FNO3/c1-16(2,3)21-15(19)18-8-6-5-7-12-9-13(17)11-14(10-12)20-4/h9-11H,6,8H2,1-4H3,(H,18,19). The molecule has 0 aliphatic carbocycles. The Morgan fingerprint density at radius 1 is 1.33 bits per heavy atom. The molecule has 0 atom stereocenters. The van der Waals surface area contributed by atoms with Crippen LogP contribution in [0.5, 0.6) is 5.75 Å². The first kappa shape index (κ1) is 16.8. The SMILES string of the molecule is COc1cc(F)cc(C#CCCNC(=O)OC(C)(C)C)c1. The van der Waals surface area contributed by atoms with Gasteiger partial charge < -0.3 is 14.8 Å². The molecule has 114 valence electrons. The van der Waals surface area contributed by atoms with Crippen molar-refractivity contribution in [3.63, 3.8) is 0 Å². The Balaban J connectivity index is 2.43. The molecule has 1 aromatic carbocycles. The summed E-state index contributed by atoms with van der Waals surface area (Å²) in [6.07, 6.45) is -0.0327. The van der Waals surface area contributed by atoms with Crippen molar-refractivity contribution in [3.8, 4) is 17.6 Å². The zero-order chi connectivity index (χ0) is 15.9. The average Bonchev–Trinajstić information content (AvgIpc) is 2.35. The molecule has 0 heterocycles. The number of carbonyl (C=O) groups excluding carboxylic acids is 1. The van der Waals surface area contributed by atoms with Crippen molar-refractivity contribution in [1.82, 2.24) is 5.32 Å². The maximum Gasteiger partial charge on any atom is 0.407 e. The number of halogens is 1. The monoisotopic (exact) mass is 293 g/mol. The lowest BCUT2D eigenvalue weighted by Crippen LogP contribution is -2.32. The fourth-order valence-electron chi connectivity index (χ4n) is 1.46.